The summed E-state index contributed by atoms with van der Waals surface area (Å²) in [5, 5.41) is 3.05. The molecule has 1 aliphatic carbocycles. The zero-order chi connectivity index (χ0) is 21.8. The molecule has 0 radical (unpaired) electrons. The number of anilines is 1. The number of carbonyl (C=O) groups excluding carboxylic acids is 1. The molecule has 0 unspecified atom stereocenters. The first kappa shape index (κ1) is 21.3. The van der Waals surface area contributed by atoms with Crippen LogP contribution in [-0.4, -0.2) is 43.1 Å². The first-order valence-electron chi connectivity index (χ1n) is 10.7. The summed E-state index contributed by atoms with van der Waals surface area (Å²) >= 11 is 0. The number of rotatable bonds is 9. The van der Waals surface area contributed by atoms with E-state index in [1.54, 1.807) is 12.3 Å². The van der Waals surface area contributed by atoms with Crippen LogP contribution in [0.2, 0.25) is 0 Å². The van der Waals surface area contributed by atoms with Crippen molar-refractivity contribution in [1.29, 1.82) is 0 Å². The van der Waals surface area contributed by atoms with Gasteiger partial charge < -0.3 is 19.7 Å². The Hall–Kier alpha value is -2.90. The number of pyridine rings is 1. The molecule has 2 aromatic rings. The minimum Gasteiger partial charge on any atom is -0.489 e. The predicted octanol–water partition coefficient (Wildman–Crippen LogP) is 3.97. The molecule has 2 heterocycles. The molecule has 1 saturated carbocycles. The highest BCUT2D eigenvalue weighted by Gasteiger charge is 2.30. The second kappa shape index (κ2) is 9.49. The second-order valence-corrected chi connectivity index (χ2v) is 8.10. The molecule has 2 atom stereocenters. The molecular weight excluding hydrogens is 404 g/mol. The topological polar surface area (TPSA) is 63.7 Å². The van der Waals surface area contributed by atoms with E-state index in [0.29, 0.717) is 6.54 Å². The number of carbonyl (C=O) groups is 1. The Kier molecular flexibility index (Phi) is 6.53. The molecule has 31 heavy (non-hydrogen) atoms. The van der Waals surface area contributed by atoms with E-state index in [9.17, 15) is 13.6 Å². The average molecular weight is 431 g/mol. The van der Waals surface area contributed by atoms with Gasteiger partial charge in [-0.05, 0) is 43.5 Å². The first-order chi connectivity index (χ1) is 15.0. The molecule has 6 nitrogen and oxygen atoms in total. The van der Waals surface area contributed by atoms with E-state index in [2.05, 4.69) is 15.2 Å². The highest BCUT2D eigenvalue weighted by Crippen LogP contribution is 2.30. The Morgan fingerprint density at radius 1 is 1.23 bits per heavy atom. The molecule has 1 N–H and O–H groups in total. The quantitative estimate of drug-likeness (QED) is 0.651. The SMILES string of the molecule is C[C@H](NC(=O)C1CC1)c1ccc(O[C@@H]2CCN(c3ccnc(OCC(F)F)c3)C2)cc1. The van der Waals surface area contributed by atoms with Crippen LogP contribution in [0, 0.1) is 5.92 Å². The molecule has 1 saturated heterocycles. The molecular formula is C23H27F2N3O3. The van der Waals surface area contributed by atoms with Crippen LogP contribution in [0.15, 0.2) is 42.6 Å². The van der Waals surface area contributed by atoms with Gasteiger partial charge in [-0.15, -0.1) is 0 Å². The monoisotopic (exact) mass is 431 g/mol. The van der Waals surface area contributed by atoms with Crippen LogP contribution in [-0.2, 0) is 4.79 Å². The standard InChI is InChI=1S/C23H27F2N3O3/c1-15(27-23(29)17-2-3-17)16-4-6-19(7-5-16)31-20-9-11-28(13-20)18-8-10-26-22(12-18)30-14-21(24)25/h4-8,10,12,15,17,20-21H,2-3,9,11,13-14H2,1H3,(H,27,29)/t15-,20+/m0/s1. The van der Waals surface area contributed by atoms with Gasteiger partial charge in [0.15, 0.2) is 6.61 Å². The van der Waals surface area contributed by atoms with Gasteiger partial charge in [0, 0.05) is 36.8 Å². The third-order valence-corrected chi connectivity index (χ3v) is 5.58. The minimum absolute atomic E-state index is 0.0245. The van der Waals surface area contributed by atoms with Crippen LogP contribution in [0.5, 0.6) is 11.6 Å². The Labute approximate surface area is 180 Å². The Morgan fingerprint density at radius 3 is 2.71 bits per heavy atom. The van der Waals surface area contributed by atoms with E-state index >= 15 is 0 Å². The van der Waals surface area contributed by atoms with Crippen molar-refractivity contribution in [2.45, 2.75) is 44.8 Å². The minimum atomic E-state index is -2.53. The van der Waals surface area contributed by atoms with Crippen molar-refractivity contribution in [3.05, 3.63) is 48.2 Å². The van der Waals surface area contributed by atoms with Crippen molar-refractivity contribution in [2.75, 3.05) is 24.6 Å². The molecule has 166 valence electrons. The van der Waals surface area contributed by atoms with Gasteiger partial charge in [0.25, 0.3) is 6.43 Å². The third kappa shape index (κ3) is 5.83. The molecule has 4 rings (SSSR count). The number of hydrogen-bond acceptors (Lipinski definition) is 5. The molecule has 0 bridgehead atoms. The summed E-state index contributed by atoms with van der Waals surface area (Å²) in [6, 6.07) is 11.3. The highest BCUT2D eigenvalue weighted by molar-refractivity contribution is 5.81. The lowest BCUT2D eigenvalue weighted by Crippen LogP contribution is -2.27. The Bertz CT molecular complexity index is 890. The molecule has 2 fully saturated rings. The smallest absolute Gasteiger partial charge is 0.272 e. The fourth-order valence-electron chi connectivity index (χ4n) is 3.67. The maximum Gasteiger partial charge on any atom is 0.272 e. The van der Waals surface area contributed by atoms with Crippen LogP contribution in [0.4, 0.5) is 14.5 Å². The molecule has 2 aliphatic rings. The average Bonchev–Trinajstić information content (AvgIpc) is 3.52. The van der Waals surface area contributed by atoms with Crippen LogP contribution >= 0.6 is 0 Å². The van der Waals surface area contributed by atoms with Gasteiger partial charge in [-0.2, -0.15) is 0 Å². The van der Waals surface area contributed by atoms with Gasteiger partial charge in [-0.1, -0.05) is 12.1 Å². The fraction of sp³-hybridized carbons (Fsp3) is 0.478. The number of hydrogen-bond donors (Lipinski definition) is 1. The van der Waals surface area contributed by atoms with Crippen LogP contribution in [0.3, 0.4) is 0 Å². The van der Waals surface area contributed by atoms with Gasteiger partial charge >= 0.3 is 0 Å². The summed E-state index contributed by atoms with van der Waals surface area (Å²) in [5.74, 6) is 1.31. The summed E-state index contributed by atoms with van der Waals surface area (Å²) in [6.07, 6.45) is 1.90. The summed E-state index contributed by atoms with van der Waals surface area (Å²) in [4.78, 5) is 18.0. The Morgan fingerprint density at radius 2 is 2.00 bits per heavy atom. The van der Waals surface area contributed by atoms with E-state index in [4.69, 9.17) is 9.47 Å². The van der Waals surface area contributed by atoms with E-state index in [-0.39, 0.29) is 29.9 Å². The third-order valence-electron chi connectivity index (χ3n) is 5.58. The lowest BCUT2D eigenvalue weighted by molar-refractivity contribution is -0.122. The van der Waals surface area contributed by atoms with Gasteiger partial charge in [0.05, 0.1) is 12.6 Å². The lowest BCUT2D eigenvalue weighted by atomic mass is 10.1. The van der Waals surface area contributed by atoms with E-state index in [1.165, 1.54) is 0 Å². The van der Waals surface area contributed by atoms with Gasteiger partial charge in [-0.25, -0.2) is 13.8 Å². The molecule has 1 aromatic heterocycles. The van der Waals surface area contributed by atoms with Crippen LogP contribution < -0.4 is 19.7 Å². The van der Waals surface area contributed by atoms with E-state index < -0.39 is 13.0 Å². The molecule has 8 heteroatoms. The summed E-state index contributed by atoms with van der Waals surface area (Å²) in [7, 11) is 0. The molecule has 0 spiro atoms. The zero-order valence-corrected chi connectivity index (χ0v) is 17.5. The van der Waals surface area contributed by atoms with Crippen molar-refractivity contribution in [1.82, 2.24) is 10.3 Å². The van der Waals surface area contributed by atoms with Gasteiger partial charge in [0.1, 0.15) is 11.9 Å². The van der Waals surface area contributed by atoms with E-state index in [0.717, 1.165) is 42.8 Å². The number of nitrogens with one attached hydrogen (secondary N) is 1. The zero-order valence-electron chi connectivity index (χ0n) is 17.5. The number of halogens is 2. The van der Waals surface area contributed by atoms with Crippen molar-refractivity contribution in [3.8, 4) is 11.6 Å². The molecule has 1 amide bonds. The number of alkyl halides is 2. The summed E-state index contributed by atoms with van der Waals surface area (Å²) < 4.78 is 35.8. The second-order valence-electron chi connectivity index (χ2n) is 8.10. The molecule has 1 aromatic carbocycles. The van der Waals surface area contributed by atoms with Gasteiger partial charge in [-0.3, -0.25) is 4.79 Å². The lowest BCUT2D eigenvalue weighted by Gasteiger charge is -2.20. The largest absolute Gasteiger partial charge is 0.489 e. The predicted molar refractivity (Wildman–Crippen MR) is 113 cm³/mol. The number of aromatic nitrogens is 1. The van der Waals surface area contributed by atoms with E-state index in [1.807, 2.05) is 37.3 Å². The van der Waals surface area contributed by atoms with Crippen molar-refractivity contribution >= 4 is 11.6 Å². The summed E-state index contributed by atoms with van der Waals surface area (Å²) in [6.45, 7) is 2.80. The maximum absolute atomic E-state index is 12.3. The number of benzene rings is 1. The van der Waals surface area contributed by atoms with Crippen molar-refractivity contribution in [2.24, 2.45) is 5.92 Å². The van der Waals surface area contributed by atoms with Crippen molar-refractivity contribution < 1.29 is 23.0 Å². The normalized spacial score (nSPS) is 19.4. The van der Waals surface area contributed by atoms with Crippen LogP contribution in [0.1, 0.15) is 37.8 Å². The van der Waals surface area contributed by atoms with Crippen molar-refractivity contribution in [3.63, 3.8) is 0 Å². The highest BCUT2D eigenvalue weighted by atomic mass is 19.3. The molecule has 1 aliphatic heterocycles. The maximum atomic E-state index is 12.3. The summed E-state index contributed by atoms with van der Waals surface area (Å²) in [5.41, 5.74) is 1.92. The number of nitrogens with zero attached hydrogens (tertiary/aromatic N) is 2. The van der Waals surface area contributed by atoms with Crippen LogP contribution in [0.25, 0.3) is 0 Å². The van der Waals surface area contributed by atoms with Gasteiger partial charge in [0.2, 0.25) is 11.8 Å². The number of ether oxygens (including phenoxy) is 2. The number of amides is 1. The Balaban J connectivity index is 1.29. The first-order valence-corrected chi connectivity index (χ1v) is 10.7. The fourth-order valence-corrected chi connectivity index (χ4v) is 3.67.